The molecule has 10 heteroatoms. The molecule has 1 aliphatic carbocycles. The molecule has 0 radical (unpaired) electrons. The molecule has 0 spiro atoms. The van der Waals surface area contributed by atoms with Crippen LogP contribution in [0.2, 0.25) is 5.02 Å². The molecular weight excluding hydrogens is 598 g/mol. The van der Waals surface area contributed by atoms with Gasteiger partial charge in [-0.15, -0.1) is 0 Å². The van der Waals surface area contributed by atoms with Crippen LogP contribution in [0.1, 0.15) is 40.9 Å². The number of phenols is 1. The van der Waals surface area contributed by atoms with E-state index in [2.05, 4.69) is 5.32 Å². The van der Waals surface area contributed by atoms with Gasteiger partial charge in [-0.05, 0) is 36.9 Å². The molecule has 0 aromatic heterocycles. The highest BCUT2D eigenvalue weighted by Crippen LogP contribution is 2.56. The van der Waals surface area contributed by atoms with E-state index in [1.165, 1.54) is 20.1 Å². The van der Waals surface area contributed by atoms with Crippen molar-refractivity contribution in [2.45, 2.75) is 32.4 Å². The van der Waals surface area contributed by atoms with E-state index in [1.807, 2.05) is 54.6 Å². The van der Waals surface area contributed by atoms with E-state index < -0.39 is 34.2 Å². The van der Waals surface area contributed by atoms with Crippen LogP contribution in [0.15, 0.2) is 89.9 Å². The summed E-state index contributed by atoms with van der Waals surface area (Å²) >= 11 is 6.30. The van der Waals surface area contributed by atoms with E-state index in [0.29, 0.717) is 10.8 Å². The lowest BCUT2D eigenvalue weighted by atomic mass is 9.71. The SMILES string of the molecule is COc1cc(O)c2c(c1C(=O)NCc1ccc(OCc3ccccc3Cl)c3ccccc13)OC1=CC(O)=C(C(C)=O)C(=O)[C@]12C. The minimum Gasteiger partial charge on any atom is -0.507 e. The highest BCUT2D eigenvalue weighted by Gasteiger charge is 2.55. The summed E-state index contributed by atoms with van der Waals surface area (Å²) in [6.45, 7) is 3.03. The molecule has 2 aliphatic rings. The third-order valence-corrected chi connectivity index (χ3v) is 8.56. The minimum atomic E-state index is -1.65. The molecule has 0 fully saturated rings. The number of nitrogens with one attached hydrogen (secondary N) is 1. The summed E-state index contributed by atoms with van der Waals surface area (Å²) in [6, 6.07) is 20.0. The second kappa shape index (κ2) is 11.3. The topological polar surface area (TPSA) is 131 Å². The van der Waals surface area contributed by atoms with Crippen molar-refractivity contribution in [3.63, 3.8) is 0 Å². The first-order chi connectivity index (χ1) is 21.6. The summed E-state index contributed by atoms with van der Waals surface area (Å²) in [5.74, 6) is -2.35. The number of hydrogen-bond donors (Lipinski definition) is 3. The van der Waals surface area contributed by atoms with Gasteiger partial charge in [-0.1, -0.05) is 60.1 Å². The Morgan fingerprint density at radius 2 is 1.69 bits per heavy atom. The number of allylic oxidation sites excluding steroid dienone is 3. The Morgan fingerprint density at radius 1 is 0.978 bits per heavy atom. The number of Topliss-reactive ketones (excluding diaryl/α,β-unsaturated/α-hetero) is 2. The summed E-state index contributed by atoms with van der Waals surface area (Å²) in [5.41, 5.74) is -0.455. The number of aliphatic hydroxyl groups excluding tert-OH is 1. The maximum absolute atomic E-state index is 13.8. The van der Waals surface area contributed by atoms with Gasteiger partial charge in [-0.2, -0.15) is 0 Å². The van der Waals surface area contributed by atoms with Crippen molar-refractivity contribution >= 4 is 39.8 Å². The van der Waals surface area contributed by atoms with E-state index in [-0.39, 0.29) is 47.3 Å². The van der Waals surface area contributed by atoms with Crippen LogP contribution in [-0.4, -0.2) is 34.8 Å². The highest BCUT2D eigenvalue weighted by atomic mass is 35.5. The maximum Gasteiger partial charge on any atom is 0.259 e. The van der Waals surface area contributed by atoms with Gasteiger partial charge in [0.2, 0.25) is 0 Å². The molecule has 6 rings (SSSR count). The van der Waals surface area contributed by atoms with Crippen LogP contribution in [0.4, 0.5) is 0 Å². The number of ketones is 2. The third-order valence-electron chi connectivity index (χ3n) is 8.19. The van der Waals surface area contributed by atoms with E-state index >= 15 is 0 Å². The number of ether oxygens (including phenoxy) is 3. The molecule has 4 aromatic rings. The molecule has 45 heavy (non-hydrogen) atoms. The van der Waals surface area contributed by atoms with Gasteiger partial charge in [0, 0.05) is 34.7 Å². The molecular formula is C35H28ClNO8. The van der Waals surface area contributed by atoms with Crippen molar-refractivity contribution in [2.24, 2.45) is 0 Å². The lowest BCUT2D eigenvalue weighted by Crippen LogP contribution is -2.38. The van der Waals surface area contributed by atoms with Crippen molar-refractivity contribution in [1.82, 2.24) is 5.32 Å². The molecule has 1 aliphatic heterocycles. The average molecular weight is 626 g/mol. The molecule has 3 N–H and O–H groups in total. The Kier molecular flexibility index (Phi) is 7.50. The predicted molar refractivity (Wildman–Crippen MR) is 167 cm³/mol. The molecule has 1 atom stereocenters. The molecule has 9 nitrogen and oxygen atoms in total. The zero-order valence-corrected chi connectivity index (χ0v) is 25.3. The van der Waals surface area contributed by atoms with Crippen LogP contribution in [0.25, 0.3) is 10.8 Å². The first-order valence-corrected chi connectivity index (χ1v) is 14.4. The summed E-state index contributed by atoms with van der Waals surface area (Å²) in [4.78, 5) is 39.5. The molecule has 0 saturated heterocycles. The zero-order chi connectivity index (χ0) is 32.0. The van der Waals surface area contributed by atoms with Gasteiger partial charge < -0.3 is 29.7 Å². The Labute approximate surface area is 263 Å². The molecule has 4 aromatic carbocycles. The Morgan fingerprint density at radius 3 is 2.40 bits per heavy atom. The molecule has 1 amide bonds. The van der Waals surface area contributed by atoms with Gasteiger partial charge in [-0.3, -0.25) is 14.4 Å². The van der Waals surface area contributed by atoms with Gasteiger partial charge in [0.25, 0.3) is 5.91 Å². The van der Waals surface area contributed by atoms with Gasteiger partial charge in [0.05, 0.1) is 12.7 Å². The van der Waals surface area contributed by atoms with Crippen LogP contribution in [0.3, 0.4) is 0 Å². The highest BCUT2D eigenvalue weighted by molar-refractivity contribution is 6.31. The number of aromatic hydroxyl groups is 1. The number of hydrogen-bond acceptors (Lipinski definition) is 8. The van der Waals surface area contributed by atoms with Crippen molar-refractivity contribution in [1.29, 1.82) is 0 Å². The second-order valence-electron chi connectivity index (χ2n) is 10.9. The largest absolute Gasteiger partial charge is 0.507 e. The minimum absolute atomic E-state index is 0.00132. The van der Waals surface area contributed by atoms with E-state index in [1.54, 1.807) is 6.07 Å². The number of halogens is 1. The number of carbonyl (C=O) groups excluding carboxylic acids is 3. The monoisotopic (exact) mass is 625 g/mol. The number of benzene rings is 4. The Balaban J connectivity index is 1.31. The third kappa shape index (κ3) is 4.85. The maximum atomic E-state index is 13.8. The van der Waals surface area contributed by atoms with Gasteiger partial charge in [0.15, 0.2) is 17.3 Å². The van der Waals surface area contributed by atoms with Crippen molar-refractivity contribution < 1.29 is 38.8 Å². The fraction of sp³-hybridized carbons (Fsp3) is 0.171. The number of fused-ring (bicyclic) bond motifs is 4. The van der Waals surface area contributed by atoms with Crippen LogP contribution in [-0.2, 0) is 28.2 Å². The number of aliphatic hydroxyl groups is 1. The summed E-state index contributed by atoms with van der Waals surface area (Å²) in [6.07, 6.45) is 1.16. The number of phenolic OH excluding ortho intramolecular Hbond substituents is 1. The second-order valence-corrected chi connectivity index (χ2v) is 11.3. The molecule has 228 valence electrons. The standard InChI is InChI=1S/C35H28ClNO8/c1-18(38)29-24(39)15-28-35(2,33(29)41)31-25(40)14-27(43-3)30(32(31)45-28)34(42)37-16-19-12-13-26(22-10-6-5-9-21(19)22)44-17-20-8-4-7-11-23(20)36/h4-15,39-40H,16-17H2,1-3H3,(H,37,42)/t35-/m1/s1. The average Bonchev–Trinajstić information content (AvgIpc) is 3.32. The fourth-order valence-corrected chi connectivity index (χ4v) is 6.06. The number of methoxy groups -OCH3 is 1. The van der Waals surface area contributed by atoms with Crippen LogP contribution in [0, 0.1) is 0 Å². The smallest absolute Gasteiger partial charge is 0.259 e. The summed E-state index contributed by atoms with van der Waals surface area (Å²) in [5, 5.41) is 26.6. The van der Waals surface area contributed by atoms with E-state index in [9.17, 15) is 24.6 Å². The lowest BCUT2D eigenvalue weighted by molar-refractivity contribution is -0.123. The summed E-state index contributed by atoms with van der Waals surface area (Å²) < 4.78 is 17.5. The fourth-order valence-electron chi connectivity index (χ4n) is 5.87. The number of amides is 1. The normalized spacial score (nSPS) is 16.9. The van der Waals surface area contributed by atoms with Crippen LogP contribution in [0.5, 0.6) is 23.0 Å². The van der Waals surface area contributed by atoms with Crippen LogP contribution < -0.4 is 19.5 Å². The van der Waals surface area contributed by atoms with Gasteiger partial charge >= 0.3 is 0 Å². The van der Waals surface area contributed by atoms with Crippen molar-refractivity contribution in [3.8, 4) is 23.0 Å². The van der Waals surface area contributed by atoms with Crippen LogP contribution >= 0.6 is 11.6 Å². The zero-order valence-electron chi connectivity index (χ0n) is 24.6. The van der Waals surface area contributed by atoms with Crippen molar-refractivity contribution in [2.75, 3.05) is 7.11 Å². The first-order valence-electron chi connectivity index (χ1n) is 14.0. The summed E-state index contributed by atoms with van der Waals surface area (Å²) in [7, 11) is 1.34. The number of rotatable bonds is 8. The lowest BCUT2D eigenvalue weighted by Gasteiger charge is -2.27. The predicted octanol–water partition coefficient (Wildman–Crippen LogP) is 6.23. The Hall–Kier alpha value is -5.28. The molecule has 0 saturated carbocycles. The van der Waals surface area contributed by atoms with Gasteiger partial charge in [-0.25, -0.2) is 0 Å². The van der Waals surface area contributed by atoms with E-state index in [0.717, 1.165) is 34.9 Å². The van der Waals surface area contributed by atoms with E-state index in [4.69, 9.17) is 25.8 Å². The van der Waals surface area contributed by atoms with Crippen molar-refractivity contribution in [3.05, 3.63) is 117 Å². The quantitative estimate of drug-likeness (QED) is 0.196. The molecule has 0 unspecified atom stereocenters. The van der Waals surface area contributed by atoms with Gasteiger partial charge in [0.1, 0.15) is 51.9 Å². The first kappa shape index (κ1) is 29.8. The Bertz CT molecular complexity index is 2000. The molecule has 1 heterocycles. The number of carbonyl (C=O) groups is 3. The molecule has 0 bridgehead atoms.